The lowest BCUT2D eigenvalue weighted by Gasteiger charge is -2.50. The number of nitrogens with one attached hydrogen (secondary N) is 1. The van der Waals surface area contributed by atoms with Crippen LogP contribution in [0.4, 0.5) is 5.13 Å². The number of carbonyl (C=O) groups is 3. The second-order valence-electron chi connectivity index (χ2n) is 6.40. The monoisotopic (exact) mass is 462 g/mol. The van der Waals surface area contributed by atoms with E-state index < -0.39 is 35.6 Å². The van der Waals surface area contributed by atoms with Gasteiger partial charge in [-0.05, 0) is 18.9 Å². The van der Waals surface area contributed by atoms with E-state index >= 15 is 0 Å². The summed E-state index contributed by atoms with van der Waals surface area (Å²) in [6.45, 7) is 0. The SMILES string of the molecule is Nc1nc(/C(=N/O)C(=O)N[C@@H]2C(=O)N3C(C(=O)O)=C(Sc4ccncn4)CC[C@H]23)ns1. The summed E-state index contributed by atoms with van der Waals surface area (Å²) in [7, 11) is 0. The minimum Gasteiger partial charge on any atom is -0.477 e. The van der Waals surface area contributed by atoms with E-state index in [1.165, 1.54) is 12.5 Å². The first-order chi connectivity index (χ1) is 14.9. The molecule has 0 bridgehead atoms. The molecular formula is C16H14N8O5S2. The summed E-state index contributed by atoms with van der Waals surface area (Å²) < 4.78 is 3.81. The summed E-state index contributed by atoms with van der Waals surface area (Å²) in [4.78, 5) is 50.4. The number of rotatable bonds is 6. The highest BCUT2D eigenvalue weighted by molar-refractivity contribution is 8.03. The van der Waals surface area contributed by atoms with E-state index in [2.05, 4.69) is 29.8 Å². The lowest BCUT2D eigenvalue weighted by molar-refractivity contribution is -0.155. The Morgan fingerprint density at radius 3 is 2.84 bits per heavy atom. The number of nitrogens with zero attached hydrogens (tertiary/aromatic N) is 6. The number of carboxylic acid groups (broad SMARTS) is 1. The Morgan fingerprint density at radius 1 is 1.42 bits per heavy atom. The summed E-state index contributed by atoms with van der Waals surface area (Å²) >= 11 is 1.97. The van der Waals surface area contributed by atoms with E-state index in [1.807, 2.05) is 0 Å². The van der Waals surface area contributed by atoms with Crippen molar-refractivity contribution >= 4 is 51.9 Å². The number of hydrogen-bond acceptors (Lipinski definition) is 12. The van der Waals surface area contributed by atoms with Crippen molar-refractivity contribution < 1.29 is 24.7 Å². The molecule has 4 rings (SSSR count). The maximum absolute atomic E-state index is 12.7. The quantitative estimate of drug-likeness (QED) is 0.144. The van der Waals surface area contributed by atoms with Crippen LogP contribution in [-0.4, -0.2) is 70.1 Å². The minimum absolute atomic E-state index is 0.0760. The van der Waals surface area contributed by atoms with Gasteiger partial charge in [-0.3, -0.25) is 14.5 Å². The fourth-order valence-corrected chi connectivity index (χ4v) is 4.74. The van der Waals surface area contributed by atoms with Crippen LogP contribution in [0.1, 0.15) is 18.7 Å². The summed E-state index contributed by atoms with van der Waals surface area (Å²) in [5.41, 5.74) is 4.84. The number of oxime groups is 1. The molecule has 0 aromatic carbocycles. The van der Waals surface area contributed by atoms with Crippen LogP contribution in [0.2, 0.25) is 0 Å². The van der Waals surface area contributed by atoms with Crippen molar-refractivity contribution in [2.24, 2.45) is 5.16 Å². The van der Waals surface area contributed by atoms with Gasteiger partial charge in [-0.1, -0.05) is 16.9 Å². The van der Waals surface area contributed by atoms with Gasteiger partial charge in [-0.15, -0.1) is 0 Å². The molecule has 4 heterocycles. The molecule has 2 atom stereocenters. The largest absolute Gasteiger partial charge is 0.477 e. The zero-order valence-electron chi connectivity index (χ0n) is 15.5. The highest BCUT2D eigenvalue weighted by atomic mass is 32.2. The molecule has 0 spiro atoms. The van der Waals surface area contributed by atoms with E-state index in [0.717, 1.165) is 28.2 Å². The summed E-state index contributed by atoms with van der Waals surface area (Å²) in [5, 5.41) is 24.9. The van der Waals surface area contributed by atoms with E-state index in [4.69, 9.17) is 10.9 Å². The zero-order chi connectivity index (χ0) is 22.1. The van der Waals surface area contributed by atoms with Gasteiger partial charge in [0.25, 0.3) is 11.8 Å². The van der Waals surface area contributed by atoms with Crippen LogP contribution in [0.3, 0.4) is 0 Å². The zero-order valence-corrected chi connectivity index (χ0v) is 17.1. The Hall–Kier alpha value is -3.59. The van der Waals surface area contributed by atoms with Crippen LogP contribution < -0.4 is 11.1 Å². The number of β-lactam (4-membered cyclic amide) rings is 1. The van der Waals surface area contributed by atoms with Crippen LogP contribution in [-0.2, 0) is 14.4 Å². The van der Waals surface area contributed by atoms with Crippen LogP contribution >= 0.6 is 23.3 Å². The minimum atomic E-state index is -1.25. The molecule has 1 fully saturated rings. The first-order valence-corrected chi connectivity index (χ1v) is 10.4. The van der Waals surface area contributed by atoms with Crippen LogP contribution in [0, 0.1) is 0 Å². The Kier molecular flexibility index (Phi) is 5.51. The first-order valence-electron chi connectivity index (χ1n) is 8.76. The third-order valence-electron chi connectivity index (χ3n) is 4.63. The van der Waals surface area contributed by atoms with Gasteiger partial charge >= 0.3 is 5.97 Å². The Balaban J connectivity index is 1.52. The first kappa shape index (κ1) is 20.7. The molecule has 13 nitrogen and oxygen atoms in total. The summed E-state index contributed by atoms with van der Waals surface area (Å²) in [5.74, 6) is -2.89. The van der Waals surface area contributed by atoms with Crippen LogP contribution in [0.15, 0.2) is 39.4 Å². The van der Waals surface area contributed by atoms with Gasteiger partial charge < -0.3 is 21.4 Å². The number of hydrogen-bond donors (Lipinski definition) is 4. The standard InChI is InChI=1S/C16H14N8O5S2/c17-16-21-12(23-31-16)10(22-29)13(25)20-9-6-1-2-7(30-8-3-4-18-5-19-8)11(15(27)28)24(6)14(9)26/h3-6,9,29H,1-2H2,(H,20,25)(H,27,28)(H2,17,21,23)/b22-10-/t6-,9+/m1/s1. The van der Waals surface area contributed by atoms with Crippen LogP contribution in [0.25, 0.3) is 0 Å². The van der Waals surface area contributed by atoms with Gasteiger partial charge in [-0.25, -0.2) is 14.8 Å². The van der Waals surface area contributed by atoms with Gasteiger partial charge in [0.05, 0.1) is 6.04 Å². The van der Waals surface area contributed by atoms with Crippen molar-refractivity contribution in [2.45, 2.75) is 30.0 Å². The third kappa shape index (κ3) is 3.79. The molecule has 0 unspecified atom stereocenters. The number of amides is 2. The van der Waals surface area contributed by atoms with Crippen molar-refractivity contribution in [3.05, 3.63) is 35.0 Å². The second kappa shape index (κ2) is 8.27. The molecule has 0 saturated carbocycles. The smallest absolute Gasteiger partial charge is 0.353 e. The Morgan fingerprint density at radius 2 is 2.23 bits per heavy atom. The molecule has 160 valence electrons. The van der Waals surface area contributed by atoms with Crippen LogP contribution in [0.5, 0.6) is 0 Å². The topological polar surface area (TPSA) is 197 Å². The number of aromatic nitrogens is 4. The van der Waals surface area contributed by atoms with Crippen molar-refractivity contribution in [1.29, 1.82) is 0 Å². The van der Waals surface area contributed by atoms with Gasteiger partial charge in [0, 0.05) is 22.6 Å². The Bertz CT molecular complexity index is 1120. The van der Waals surface area contributed by atoms with Gasteiger partial charge in [0.1, 0.15) is 23.1 Å². The summed E-state index contributed by atoms with van der Waals surface area (Å²) in [6, 6.07) is 0.116. The number of fused-ring (bicyclic) bond motifs is 1. The number of carbonyl (C=O) groups excluding carboxylic acids is 2. The van der Waals surface area contributed by atoms with Gasteiger partial charge in [-0.2, -0.15) is 9.36 Å². The van der Waals surface area contributed by atoms with Crippen molar-refractivity contribution in [3.8, 4) is 0 Å². The fraction of sp³-hybridized carbons (Fsp3) is 0.250. The molecule has 0 aliphatic carbocycles. The second-order valence-corrected chi connectivity index (χ2v) is 8.30. The average Bonchev–Trinajstić information content (AvgIpc) is 3.18. The maximum Gasteiger partial charge on any atom is 0.353 e. The Labute approximate surface area is 182 Å². The molecule has 5 N–H and O–H groups in total. The number of anilines is 1. The highest BCUT2D eigenvalue weighted by Crippen LogP contribution is 2.42. The van der Waals surface area contributed by atoms with Crippen molar-refractivity contribution in [2.75, 3.05) is 5.73 Å². The third-order valence-corrected chi connectivity index (χ3v) is 6.27. The molecular weight excluding hydrogens is 448 g/mol. The lowest BCUT2D eigenvalue weighted by Crippen LogP contribution is -2.72. The number of nitrogen functional groups attached to an aromatic ring is 1. The molecule has 2 aromatic rings. The molecule has 2 aromatic heterocycles. The molecule has 2 aliphatic rings. The van der Waals surface area contributed by atoms with Gasteiger partial charge in [0.2, 0.25) is 11.5 Å². The lowest BCUT2D eigenvalue weighted by atomic mass is 9.86. The molecule has 15 heteroatoms. The summed E-state index contributed by atoms with van der Waals surface area (Å²) in [6.07, 6.45) is 3.68. The van der Waals surface area contributed by atoms with Gasteiger partial charge in [0.15, 0.2) is 5.13 Å². The fourth-order valence-electron chi connectivity index (χ4n) is 3.33. The molecule has 1 saturated heterocycles. The predicted octanol–water partition coefficient (Wildman–Crippen LogP) is -0.333. The predicted molar refractivity (Wildman–Crippen MR) is 107 cm³/mol. The molecule has 2 amide bonds. The number of allylic oxidation sites excluding steroid dienone is 1. The highest BCUT2D eigenvalue weighted by Gasteiger charge is 2.53. The number of carboxylic acids is 1. The molecule has 0 radical (unpaired) electrons. The number of aliphatic carboxylic acids is 1. The average molecular weight is 462 g/mol. The molecule has 31 heavy (non-hydrogen) atoms. The van der Waals surface area contributed by atoms with E-state index in [-0.39, 0.29) is 16.7 Å². The molecule has 2 aliphatic heterocycles. The number of nitrogens with two attached hydrogens (primary N) is 1. The van der Waals surface area contributed by atoms with E-state index in [0.29, 0.717) is 22.8 Å². The van der Waals surface area contributed by atoms with Crippen molar-refractivity contribution in [3.63, 3.8) is 0 Å². The normalized spacial score (nSPS) is 20.8. The number of thioether (sulfide) groups is 1. The van der Waals surface area contributed by atoms with Crippen molar-refractivity contribution in [1.82, 2.24) is 29.5 Å². The van der Waals surface area contributed by atoms with E-state index in [9.17, 15) is 19.5 Å². The van der Waals surface area contributed by atoms with E-state index in [1.54, 1.807) is 6.07 Å². The maximum atomic E-state index is 12.7.